The first-order valence-corrected chi connectivity index (χ1v) is 16.0. The van der Waals surface area contributed by atoms with Gasteiger partial charge in [0.25, 0.3) is 5.91 Å². The third kappa shape index (κ3) is 9.39. The maximum Gasteiger partial charge on any atom is 0.408 e. The summed E-state index contributed by atoms with van der Waals surface area (Å²) in [6, 6.07) is -2.91. The first-order valence-electron chi connectivity index (χ1n) is 16.0. The van der Waals surface area contributed by atoms with Crippen molar-refractivity contribution in [1.82, 2.24) is 20.9 Å². The van der Waals surface area contributed by atoms with E-state index in [9.17, 15) is 24.0 Å². The number of hydrogen-bond donors (Lipinski definition) is 3. The van der Waals surface area contributed by atoms with E-state index in [0.717, 1.165) is 32.1 Å². The average molecular weight is 617 g/mol. The molecule has 11 heteroatoms. The standard InChI is InChI=1S/C33H52N4O7/c1-8-10-17-23(27(38)29(40)34-18-11-9-2)35-28(39)26-22-19-33(6,7)43-24(22)20-37(26)30(41)25(21-15-13-12-14-16-21)36-31(42)44-32(3,4)5/h8-9,21-26H,1-2,10-20H2,3-7H3,(H,34,40)(H,35,39)(H,36,42)/t22?,23?,24?,25-,26-/m0/s1. The van der Waals surface area contributed by atoms with E-state index < -0.39 is 53.0 Å². The van der Waals surface area contributed by atoms with Crippen LogP contribution in [0.1, 0.15) is 92.4 Å². The van der Waals surface area contributed by atoms with Crippen LogP contribution in [-0.2, 0) is 28.7 Å². The van der Waals surface area contributed by atoms with Gasteiger partial charge in [0.1, 0.15) is 17.7 Å². The van der Waals surface area contributed by atoms with Gasteiger partial charge in [-0.15, -0.1) is 13.2 Å². The molecule has 3 aliphatic rings. The monoisotopic (exact) mass is 616 g/mol. The third-order valence-corrected chi connectivity index (χ3v) is 8.55. The SMILES string of the molecule is C=CCCNC(=O)C(=O)C(CCC=C)NC(=O)[C@@H]1C2CC(C)(C)OC2CN1C(=O)[C@@H](NC(=O)OC(C)(C)C)C1CCCCC1. The van der Waals surface area contributed by atoms with Crippen LogP contribution in [0.5, 0.6) is 0 Å². The number of nitrogens with one attached hydrogen (secondary N) is 3. The van der Waals surface area contributed by atoms with Crippen molar-refractivity contribution in [1.29, 1.82) is 0 Å². The number of carbonyl (C=O) groups is 5. The number of ether oxygens (including phenoxy) is 2. The molecule has 0 bridgehead atoms. The lowest BCUT2D eigenvalue weighted by atomic mass is 9.83. The normalized spacial score (nSPS) is 24.4. The van der Waals surface area contributed by atoms with Crippen molar-refractivity contribution in [2.75, 3.05) is 13.1 Å². The fourth-order valence-corrected chi connectivity index (χ4v) is 6.64. The summed E-state index contributed by atoms with van der Waals surface area (Å²) in [5.74, 6) is -2.86. The Morgan fingerprint density at radius 3 is 2.30 bits per heavy atom. The summed E-state index contributed by atoms with van der Waals surface area (Å²) in [7, 11) is 0. The van der Waals surface area contributed by atoms with Gasteiger partial charge in [0, 0.05) is 19.0 Å². The number of fused-ring (bicyclic) bond motifs is 1. The second-order valence-electron chi connectivity index (χ2n) is 13.9. The molecule has 246 valence electrons. The predicted molar refractivity (Wildman–Crippen MR) is 166 cm³/mol. The minimum atomic E-state index is -1.09. The van der Waals surface area contributed by atoms with Crippen LogP contribution in [0.3, 0.4) is 0 Å². The molecule has 3 fully saturated rings. The Morgan fingerprint density at radius 2 is 1.68 bits per heavy atom. The summed E-state index contributed by atoms with van der Waals surface area (Å²) >= 11 is 0. The lowest BCUT2D eigenvalue weighted by Crippen LogP contribution is -2.59. The summed E-state index contributed by atoms with van der Waals surface area (Å²) in [5.41, 5.74) is -1.24. The molecule has 2 saturated heterocycles. The van der Waals surface area contributed by atoms with Crippen LogP contribution in [0.2, 0.25) is 0 Å². The summed E-state index contributed by atoms with van der Waals surface area (Å²) in [5, 5.41) is 8.21. The number of allylic oxidation sites excluding steroid dienone is 1. The van der Waals surface area contributed by atoms with Crippen LogP contribution in [0.4, 0.5) is 4.79 Å². The van der Waals surface area contributed by atoms with Gasteiger partial charge < -0.3 is 30.3 Å². The Kier molecular flexibility index (Phi) is 12.2. The van der Waals surface area contributed by atoms with E-state index in [-0.39, 0.29) is 43.4 Å². The van der Waals surface area contributed by atoms with Crippen molar-refractivity contribution in [3.8, 4) is 0 Å². The van der Waals surface area contributed by atoms with Gasteiger partial charge in [-0.1, -0.05) is 31.4 Å². The number of nitrogens with zero attached hydrogens (tertiary/aromatic N) is 1. The first-order chi connectivity index (χ1) is 20.7. The number of likely N-dealkylation sites (tertiary alicyclic amines) is 1. The van der Waals surface area contributed by atoms with Gasteiger partial charge in [-0.05, 0) is 79.1 Å². The van der Waals surface area contributed by atoms with Gasteiger partial charge >= 0.3 is 6.09 Å². The lowest BCUT2D eigenvalue weighted by Gasteiger charge is -2.36. The lowest BCUT2D eigenvalue weighted by molar-refractivity contribution is -0.144. The molecule has 0 spiro atoms. The van der Waals surface area contributed by atoms with Crippen molar-refractivity contribution in [2.45, 2.75) is 128 Å². The molecular formula is C33H52N4O7. The van der Waals surface area contributed by atoms with Gasteiger partial charge in [0.15, 0.2) is 0 Å². The zero-order chi connectivity index (χ0) is 32.7. The molecule has 0 aromatic rings. The second-order valence-corrected chi connectivity index (χ2v) is 13.9. The Hall–Kier alpha value is -3.21. The number of rotatable bonds is 13. The molecule has 1 aliphatic carbocycles. The van der Waals surface area contributed by atoms with Crippen molar-refractivity contribution >= 4 is 29.6 Å². The molecule has 0 radical (unpaired) electrons. The molecule has 11 nitrogen and oxygen atoms in total. The molecule has 0 aromatic carbocycles. The maximum absolute atomic E-state index is 14.4. The average Bonchev–Trinajstić information content (AvgIpc) is 3.44. The van der Waals surface area contributed by atoms with Crippen molar-refractivity contribution < 1.29 is 33.4 Å². The molecule has 2 heterocycles. The van der Waals surface area contributed by atoms with E-state index in [1.807, 2.05) is 13.8 Å². The third-order valence-electron chi connectivity index (χ3n) is 8.55. The van der Waals surface area contributed by atoms with E-state index >= 15 is 0 Å². The van der Waals surface area contributed by atoms with Crippen LogP contribution in [0.15, 0.2) is 25.3 Å². The van der Waals surface area contributed by atoms with Gasteiger partial charge in [-0.2, -0.15) is 0 Å². The predicted octanol–water partition coefficient (Wildman–Crippen LogP) is 3.57. The number of amides is 4. The fraction of sp³-hybridized carbons (Fsp3) is 0.727. The molecule has 2 aliphatic heterocycles. The highest BCUT2D eigenvalue weighted by atomic mass is 16.6. The zero-order valence-corrected chi connectivity index (χ0v) is 27.1. The Bertz CT molecular complexity index is 1090. The van der Waals surface area contributed by atoms with Crippen LogP contribution >= 0.6 is 0 Å². The van der Waals surface area contributed by atoms with Crippen molar-refractivity contribution in [2.24, 2.45) is 11.8 Å². The smallest absolute Gasteiger partial charge is 0.408 e. The summed E-state index contributed by atoms with van der Waals surface area (Å²) in [4.78, 5) is 68.6. The van der Waals surface area contributed by atoms with Crippen LogP contribution in [0, 0.1) is 11.8 Å². The topological polar surface area (TPSA) is 143 Å². The minimum absolute atomic E-state index is 0.105. The number of hydrogen-bond acceptors (Lipinski definition) is 7. The minimum Gasteiger partial charge on any atom is -0.444 e. The quantitative estimate of drug-likeness (QED) is 0.163. The summed E-state index contributed by atoms with van der Waals surface area (Å²) < 4.78 is 11.8. The number of carbonyl (C=O) groups excluding carboxylic acids is 5. The van der Waals surface area contributed by atoms with Gasteiger partial charge in [-0.25, -0.2) is 4.79 Å². The number of alkyl carbamates (subject to hydrolysis) is 1. The largest absolute Gasteiger partial charge is 0.444 e. The zero-order valence-electron chi connectivity index (χ0n) is 27.1. The van der Waals surface area contributed by atoms with E-state index in [2.05, 4.69) is 29.1 Å². The molecular weight excluding hydrogens is 564 g/mol. The van der Waals surface area contributed by atoms with E-state index in [1.54, 1.807) is 32.9 Å². The van der Waals surface area contributed by atoms with E-state index in [4.69, 9.17) is 9.47 Å². The van der Waals surface area contributed by atoms with Crippen LogP contribution in [0.25, 0.3) is 0 Å². The Balaban J connectivity index is 1.89. The van der Waals surface area contributed by atoms with E-state index in [1.165, 1.54) is 4.90 Å². The van der Waals surface area contributed by atoms with Gasteiger partial charge in [0.2, 0.25) is 17.6 Å². The molecule has 5 atom stereocenters. The summed E-state index contributed by atoms with van der Waals surface area (Å²) in [6.07, 6.45) is 8.28. The molecule has 3 unspecified atom stereocenters. The molecule has 3 N–H and O–H groups in total. The van der Waals surface area contributed by atoms with Gasteiger partial charge in [0.05, 0.1) is 17.7 Å². The summed E-state index contributed by atoms with van der Waals surface area (Å²) in [6.45, 7) is 16.9. The van der Waals surface area contributed by atoms with Crippen molar-refractivity contribution in [3.63, 3.8) is 0 Å². The fourth-order valence-electron chi connectivity index (χ4n) is 6.64. The maximum atomic E-state index is 14.4. The molecule has 0 aromatic heterocycles. The highest BCUT2D eigenvalue weighted by Crippen LogP contribution is 2.43. The Morgan fingerprint density at radius 1 is 1.02 bits per heavy atom. The van der Waals surface area contributed by atoms with Crippen LogP contribution < -0.4 is 16.0 Å². The highest BCUT2D eigenvalue weighted by molar-refractivity contribution is 6.38. The van der Waals surface area contributed by atoms with Gasteiger partial charge in [-0.3, -0.25) is 19.2 Å². The molecule has 1 saturated carbocycles. The number of ketones is 1. The first kappa shape index (κ1) is 35.3. The van der Waals surface area contributed by atoms with Crippen LogP contribution in [-0.4, -0.2) is 83.0 Å². The molecule has 4 amide bonds. The number of Topliss-reactive ketones (excluding diaryl/α,β-unsaturated/α-hetero) is 1. The molecule has 44 heavy (non-hydrogen) atoms. The van der Waals surface area contributed by atoms with E-state index in [0.29, 0.717) is 19.3 Å². The van der Waals surface area contributed by atoms with Crippen molar-refractivity contribution in [3.05, 3.63) is 25.3 Å². The highest BCUT2D eigenvalue weighted by Gasteiger charge is 2.56. The molecule has 3 rings (SSSR count). The Labute approximate surface area is 261 Å². The second kappa shape index (κ2) is 15.2.